The molecule has 0 amide bonds. The van der Waals surface area contributed by atoms with Crippen LogP contribution >= 0.6 is 0 Å². The molecule has 0 aromatic heterocycles. The molecule has 1 aromatic rings. The fraction of sp³-hybridized carbons (Fsp3) is 0.625. The van der Waals surface area contributed by atoms with Crippen molar-refractivity contribution in [3.05, 3.63) is 35.1 Å². The standard InChI is InChI=1S/C16H25FN2/c1-11-6-7-19(10-13(11)3)16(9-18)15-5-4-14(17)8-12(15)2/h4-5,8,11,13,16H,6-7,9-10,18H2,1-3H3. The number of nitrogens with zero attached hydrogens (tertiary/aromatic N) is 1. The summed E-state index contributed by atoms with van der Waals surface area (Å²) < 4.78 is 13.2. The Labute approximate surface area is 115 Å². The first-order valence-corrected chi connectivity index (χ1v) is 7.23. The number of piperidine rings is 1. The molecule has 0 bridgehead atoms. The molecule has 19 heavy (non-hydrogen) atoms. The van der Waals surface area contributed by atoms with Crippen molar-refractivity contribution in [1.82, 2.24) is 4.90 Å². The van der Waals surface area contributed by atoms with Crippen molar-refractivity contribution < 1.29 is 4.39 Å². The van der Waals surface area contributed by atoms with Gasteiger partial charge < -0.3 is 5.73 Å². The molecule has 106 valence electrons. The second-order valence-electron chi connectivity index (χ2n) is 5.99. The Kier molecular flexibility index (Phi) is 4.58. The minimum Gasteiger partial charge on any atom is -0.329 e. The third kappa shape index (κ3) is 3.15. The zero-order chi connectivity index (χ0) is 14.0. The monoisotopic (exact) mass is 264 g/mol. The predicted octanol–water partition coefficient (Wildman–Crippen LogP) is 3.11. The van der Waals surface area contributed by atoms with Crippen LogP contribution in [-0.2, 0) is 0 Å². The predicted molar refractivity (Wildman–Crippen MR) is 77.5 cm³/mol. The van der Waals surface area contributed by atoms with Gasteiger partial charge in [-0.3, -0.25) is 4.90 Å². The van der Waals surface area contributed by atoms with E-state index in [2.05, 4.69) is 18.7 Å². The van der Waals surface area contributed by atoms with E-state index in [1.165, 1.54) is 12.0 Å². The summed E-state index contributed by atoms with van der Waals surface area (Å²) in [5.74, 6) is 1.31. The highest BCUT2D eigenvalue weighted by Crippen LogP contribution is 2.30. The van der Waals surface area contributed by atoms with Crippen molar-refractivity contribution in [3.63, 3.8) is 0 Å². The lowest BCUT2D eigenvalue weighted by molar-refractivity contribution is 0.0980. The minimum atomic E-state index is -0.169. The summed E-state index contributed by atoms with van der Waals surface area (Å²) >= 11 is 0. The molecule has 2 nitrogen and oxygen atoms in total. The average Bonchev–Trinajstić information content (AvgIpc) is 2.37. The van der Waals surface area contributed by atoms with Crippen LogP contribution in [0.4, 0.5) is 4.39 Å². The van der Waals surface area contributed by atoms with Gasteiger partial charge in [0.15, 0.2) is 0 Å². The maximum absolute atomic E-state index is 13.2. The van der Waals surface area contributed by atoms with Gasteiger partial charge in [-0.05, 0) is 55.0 Å². The summed E-state index contributed by atoms with van der Waals surface area (Å²) in [6, 6.07) is 5.26. The van der Waals surface area contributed by atoms with Gasteiger partial charge in [0.2, 0.25) is 0 Å². The zero-order valence-corrected chi connectivity index (χ0v) is 12.2. The first-order chi connectivity index (χ1) is 9.02. The van der Waals surface area contributed by atoms with Gasteiger partial charge in [0, 0.05) is 19.1 Å². The molecule has 1 fully saturated rings. The van der Waals surface area contributed by atoms with Gasteiger partial charge in [-0.2, -0.15) is 0 Å². The molecule has 0 spiro atoms. The number of aryl methyl sites for hydroxylation is 1. The molecule has 1 saturated heterocycles. The summed E-state index contributed by atoms with van der Waals surface area (Å²) in [6.07, 6.45) is 1.22. The van der Waals surface area contributed by atoms with E-state index in [0.29, 0.717) is 12.5 Å². The second-order valence-corrected chi connectivity index (χ2v) is 5.99. The van der Waals surface area contributed by atoms with Gasteiger partial charge in [-0.1, -0.05) is 19.9 Å². The van der Waals surface area contributed by atoms with Crippen molar-refractivity contribution in [2.45, 2.75) is 33.2 Å². The molecular weight excluding hydrogens is 239 g/mol. The Morgan fingerprint density at radius 2 is 2.11 bits per heavy atom. The van der Waals surface area contributed by atoms with Crippen LogP contribution in [-0.4, -0.2) is 24.5 Å². The molecule has 2 N–H and O–H groups in total. The summed E-state index contributed by atoms with van der Waals surface area (Å²) in [5, 5.41) is 0. The maximum atomic E-state index is 13.2. The van der Waals surface area contributed by atoms with E-state index >= 15 is 0 Å². The van der Waals surface area contributed by atoms with Crippen LogP contribution in [0, 0.1) is 24.6 Å². The van der Waals surface area contributed by atoms with E-state index in [-0.39, 0.29) is 11.9 Å². The number of hydrogen-bond acceptors (Lipinski definition) is 2. The molecule has 3 heteroatoms. The number of halogens is 1. The van der Waals surface area contributed by atoms with Crippen LogP contribution in [0.3, 0.4) is 0 Å². The quantitative estimate of drug-likeness (QED) is 0.909. The fourth-order valence-electron chi connectivity index (χ4n) is 3.06. The van der Waals surface area contributed by atoms with Crippen molar-refractivity contribution in [1.29, 1.82) is 0 Å². The average molecular weight is 264 g/mol. The smallest absolute Gasteiger partial charge is 0.123 e. The SMILES string of the molecule is Cc1cc(F)ccc1C(CN)N1CCC(C)C(C)C1. The highest BCUT2D eigenvalue weighted by atomic mass is 19.1. The van der Waals surface area contributed by atoms with Gasteiger partial charge in [0.25, 0.3) is 0 Å². The summed E-state index contributed by atoms with van der Waals surface area (Å²) in [4.78, 5) is 2.46. The third-order valence-corrected chi connectivity index (χ3v) is 4.62. The van der Waals surface area contributed by atoms with Crippen molar-refractivity contribution >= 4 is 0 Å². The van der Waals surface area contributed by atoms with Crippen molar-refractivity contribution in [2.24, 2.45) is 17.6 Å². The first kappa shape index (κ1) is 14.5. The normalized spacial score (nSPS) is 26.4. The van der Waals surface area contributed by atoms with Gasteiger partial charge in [0.05, 0.1) is 0 Å². The molecule has 1 aliphatic rings. The summed E-state index contributed by atoms with van der Waals surface area (Å²) in [6.45, 7) is 9.36. The van der Waals surface area contributed by atoms with E-state index in [9.17, 15) is 4.39 Å². The second kappa shape index (κ2) is 6.02. The molecule has 1 aliphatic heterocycles. The molecule has 1 aromatic carbocycles. The molecule has 3 unspecified atom stereocenters. The van der Waals surface area contributed by atoms with Gasteiger partial charge in [0.1, 0.15) is 5.82 Å². The molecule has 0 radical (unpaired) electrons. The first-order valence-electron chi connectivity index (χ1n) is 7.23. The lowest BCUT2D eigenvalue weighted by atomic mass is 9.87. The highest BCUT2D eigenvalue weighted by Gasteiger charge is 2.28. The van der Waals surface area contributed by atoms with Gasteiger partial charge in [-0.25, -0.2) is 4.39 Å². The zero-order valence-electron chi connectivity index (χ0n) is 12.2. The summed E-state index contributed by atoms with van der Waals surface area (Å²) in [5.41, 5.74) is 8.16. The van der Waals surface area contributed by atoms with Crippen molar-refractivity contribution in [2.75, 3.05) is 19.6 Å². The van der Waals surface area contributed by atoms with Gasteiger partial charge in [-0.15, -0.1) is 0 Å². The molecule has 2 rings (SSSR count). The highest BCUT2D eigenvalue weighted by molar-refractivity contribution is 5.30. The minimum absolute atomic E-state index is 0.169. The van der Waals surface area contributed by atoms with E-state index in [1.54, 1.807) is 12.1 Å². The number of benzene rings is 1. The van der Waals surface area contributed by atoms with E-state index in [0.717, 1.165) is 24.6 Å². The van der Waals surface area contributed by atoms with E-state index in [1.807, 2.05) is 13.0 Å². The lowest BCUT2D eigenvalue weighted by Gasteiger charge is -2.40. The molecule has 3 atom stereocenters. The lowest BCUT2D eigenvalue weighted by Crippen LogP contribution is -2.43. The number of hydrogen-bond donors (Lipinski definition) is 1. The van der Waals surface area contributed by atoms with Crippen molar-refractivity contribution in [3.8, 4) is 0 Å². The van der Waals surface area contributed by atoms with Gasteiger partial charge >= 0.3 is 0 Å². The molecule has 0 aliphatic carbocycles. The van der Waals surface area contributed by atoms with Crippen LogP contribution in [0.2, 0.25) is 0 Å². The Morgan fingerprint density at radius 1 is 1.37 bits per heavy atom. The Morgan fingerprint density at radius 3 is 2.68 bits per heavy atom. The Balaban J connectivity index is 2.20. The molecule has 1 heterocycles. The van der Waals surface area contributed by atoms with Crippen LogP contribution in [0.1, 0.15) is 37.4 Å². The number of rotatable bonds is 3. The van der Waals surface area contributed by atoms with Crippen LogP contribution in [0.25, 0.3) is 0 Å². The van der Waals surface area contributed by atoms with Crippen LogP contribution in [0.15, 0.2) is 18.2 Å². The Bertz CT molecular complexity index is 433. The Hall–Kier alpha value is -0.930. The number of likely N-dealkylation sites (tertiary alicyclic amines) is 1. The molecule has 0 saturated carbocycles. The van der Waals surface area contributed by atoms with E-state index < -0.39 is 0 Å². The molecular formula is C16H25FN2. The summed E-state index contributed by atoms with van der Waals surface area (Å²) in [7, 11) is 0. The largest absolute Gasteiger partial charge is 0.329 e. The fourth-order valence-corrected chi connectivity index (χ4v) is 3.06. The van der Waals surface area contributed by atoms with Crippen LogP contribution in [0.5, 0.6) is 0 Å². The van der Waals surface area contributed by atoms with E-state index in [4.69, 9.17) is 5.73 Å². The third-order valence-electron chi connectivity index (χ3n) is 4.62. The topological polar surface area (TPSA) is 29.3 Å². The van der Waals surface area contributed by atoms with Crippen LogP contribution < -0.4 is 5.73 Å². The number of nitrogens with two attached hydrogens (primary N) is 1. The maximum Gasteiger partial charge on any atom is 0.123 e.